The fraction of sp³-hybridized carbons (Fsp3) is 0.750. The first kappa shape index (κ1) is 14.5. The molecule has 6 rings (SSSR count). The van der Waals surface area contributed by atoms with Gasteiger partial charge in [-0.2, -0.15) is 11.3 Å². The first-order chi connectivity index (χ1) is 11.2. The van der Waals surface area contributed by atoms with Crippen molar-refractivity contribution in [3.63, 3.8) is 0 Å². The number of rotatable bonds is 2. The predicted molar refractivity (Wildman–Crippen MR) is 93.5 cm³/mol. The average Bonchev–Trinajstić information content (AvgIpc) is 3.07. The van der Waals surface area contributed by atoms with Crippen LogP contribution in [0.4, 0.5) is 0 Å². The minimum Gasteiger partial charge on any atom is -0.342 e. The zero-order valence-corrected chi connectivity index (χ0v) is 14.7. The highest BCUT2D eigenvalue weighted by atomic mass is 32.1. The Morgan fingerprint density at radius 2 is 1.65 bits per heavy atom. The number of likely N-dealkylation sites (tertiary alicyclic amines) is 1. The van der Waals surface area contributed by atoms with Crippen LogP contribution < -0.4 is 0 Å². The van der Waals surface area contributed by atoms with Gasteiger partial charge in [-0.05, 0) is 97.4 Å². The van der Waals surface area contributed by atoms with Crippen LogP contribution in [0.15, 0.2) is 16.8 Å². The third kappa shape index (κ3) is 2.38. The van der Waals surface area contributed by atoms with E-state index in [0.29, 0.717) is 11.8 Å². The molecule has 0 N–H and O–H groups in total. The SMILES string of the molecule is O=C(N1CCC(c2ccsc2)CC1)C12CC3CC(CC(C3)C1)C2. The molecule has 4 aliphatic carbocycles. The lowest BCUT2D eigenvalue weighted by Gasteiger charge is -2.57. The summed E-state index contributed by atoms with van der Waals surface area (Å²) in [7, 11) is 0. The molecule has 0 spiro atoms. The first-order valence-electron chi connectivity index (χ1n) is 9.53. The third-order valence-corrected chi connectivity index (χ3v) is 7.99. The number of carbonyl (C=O) groups excluding carboxylic acids is 1. The second-order valence-corrected chi connectivity index (χ2v) is 9.60. The molecule has 2 heterocycles. The standard InChI is InChI=1S/C20H27NOS/c22-19(20-10-14-7-15(11-20)9-16(8-14)12-20)21-4-1-17(2-5-21)18-3-6-23-13-18/h3,6,13-17H,1-2,4-5,7-12H2. The Balaban J connectivity index is 1.29. The van der Waals surface area contributed by atoms with Gasteiger partial charge in [-0.1, -0.05) is 0 Å². The van der Waals surface area contributed by atoms with Crippen LogP contribution in [0.1, 0.15) is 62.8 Å². The summed E-state index contributed by atoms with van der Waals surface area (Å²) < 4.78 is 0. The van der Waals surface area contributed by atoms with E-state index in [1.165, 1.54) is 44.1 Å². The summed E-state index contributed by atoms with van der Waals surface area (Å²) in [6.45, 7) is 1.97. The van der Waals surface area contributed by atoms with E-state index in [9.17, 15) is 4.79 Å². The van der Waals surface area contributed by atoms with Crippen LogP contribution in [0, 0.1) is 23.2 Å². The normalized spacial score (nSPS) is 39.8. The highest BCUT2D eigenvalue weighted by Gasteiger charge is 2.55. The Hall–Kier alpha value is -0.830. The molecule has 0 atom stereocenters. The molecule has 1 aromatic rings. The molecule has 5 aliphatic rings. The lowest BCUT2D eigenvalue weighted by molar-refractivity contribution is -0.158. The number of carbonyl (C=O) groups is 1. The van der Waals surface area contributed by atoms with Crippen molar-refractivity contribution >= 4 is 17.2 Å². The maximum absolute atomic E-state index is 13.4. The molecule has 23 heavy (non-hydrogen) atoms. The number of hydrogen-bond donors (Lipinski definition) is 0. The summed E-state index contributed by atoms with van der Waals surface area (Å²) in [6, 6.07) is 2.27. The van der Waals surface area contributed by atoms with E-state index in [0.717, 1.165) is 43.7 Å². The minimum atomic E-state index is 0.0595. The highest BCUT2D eigenvalue weighted by molar-refractivity contribution is 7.07. The number of piperidine rings is 1. The largest absolute Gasteiger partial charge is 0.342 e. The van der Waals surface area contributed by atoms with Gasteiger partial charge in [0.05, 0.1) is 5.41 Å². The Bertz CT molecular complexity index is 550. The van der Waals surface area contributed by atoms with E-state index in [1.54, 1.807) is 11.3 Å². The van der Waals surface area contributed by atoms with Gasteiger partial charge in [0.1, 0.15) is 0 Å². The Morgan fingerprint density at radius 1 is 1.04 bits per heavy atom. The summed E-state index contributed by atoms with van der Waals surface area (Å²) in [5.41, 5.74) is 1.56. The number of hydrogen-bond acceptors (Lipinski definition) is 2. The van der Waals surface area contributed by atoms with Crippen molar-refractivity contribution in [3.8, 4) is 0 Å². The summed E-state index contributed by atoms with van der Waals surface area (Å²) in [5.74, 6) is 3.83. The Morgan fingerprint density at radius 3 is 2.17 bits per heavy atom. The van der Waals surface area contributed by atoms with Crippen molar-refractivity contribution in [2.45, 2.75) is 57.3 Å². The molecule has 3 heteroatoms. The van der Waals surface area contributed by atoms with Gasteiger partial charge in [0.2, 0.25) is 5.91 Å². The zero-order chi connectivity index (χ0) is 15.4. The van der Waals surface area contributed by atoms with Crippen LogP contribution >= 0.6 is 11.3 Å². The van der Waals surface area contributed by atoms with E-state index < -0.39 is 0 Å². The Kier molecular flexibility index (Phi) is 3.37. The van der Waals surface area contributed by atoms with Gasteiger partial charge < -0.3 is 4.90 Å². The van der Waals surface area contributed by atoms with E-state index in [4.69, 9.17) is 0 Å². The van der Waals surface area contributed by atoms with Crippen molar-refractivity contribution in [3.05, 3.63) is 22.4 Å². The molecule has 5 fully saturated rings. The molecular weight excluding hydrogens is 302 g/mol. The topological polar surface area (TPSA) is 20.3 Å². The average molecular weight is 330 g/mol. The zero-order valence-electron chi connectivity index (χ0n) is 13.9. The van der Waals surface area contributed by atoms with Gasteiger partial charge in [-0.25, -0.2) is 0 Å². The van der Waals surface area contributed by atoms with E-state index in [1.807, 2.05) is 0 Å². The lowest BCUT2D eigenvalue weighted by atomic mass is 9.49. The molecule has 0 radical (unpaired) electrons. The molecule has 124 valence electrons. The van der Waals surface area contributed by atoms with Gasteiger partial charge in [0.25, 0.3) is 0 Å². The van der Waals surface area contributed by atoms with Gasteiger partial charge >= 0.3 is 0 Å². The Labute approximate surface area is 143 Å². The van der Waals surface area contributed by atoms with Crippen LogP contribution in [-0.2, 0) is 4.79 Å². The summed E-state index contributed by atoms with van der Waals surface area (Å²) in [4.78, 5) is 15.6. The molecule has 0 aromatic carbocycles. The van der Waals surface area contributed by atoms with Gasteiger partial charge in [-0.3, -0.25) is 4.79 Å². The highest BCUT2D eigenvalue weighted by Crippen LogP contribution is 2.60. The van der Waals surface area contributed by atoms with Crippen molar-refractivity contribution in [2.75, 3.05) is 13.1 Å². The van der Waals surface area contributed by atoms with Crippen LogP contribution in [0.2, 0.25) is 0 Å². The van der Waals surface area contributed by atoms with Gasteiger partial charge in [0, 0.05) is 13.1 Å². The fourth-order valence-corrected chi connectivity index (χ4v) is 7.37. The second kappa shape index (κ2) is 5.34. The molecule has 0 unspecified atom stereocenters. The van der Waals surface area contributed by atoms with Crippen LogP contribution in [0.5, 0.6) is 0 Å². The summed E-state index contributed by atoms with van der Waals surface area (Å²) in [5, 5.41) is 4.48. The third-order valence-electron chi connectivity index (χ3n) is 7.29. The van der Waals surface area contributed by atoms with Crippen molar-refractivity contribution in [2.24, 2.45) is 23.2 Å². The number of thiophene rings is 1. The van der Waals surface area contributed by atoms with Crippen LogP contribution in [0.25, 0.3) is 0 Å². The maximum Gasteiger partial charge on any atom is 0.228 e. The second-order valence-electron chi connectivity index (χ2n) is 8.82. The monoisotopic (exact) mass is 329 g/mol. The number of amides is 1. The van der Waals surface area contributed by atoms with E-state index in [-0.39, 0.29) is 5.41 Å². The molecule has 1 aliphatic heterocycles. The molecule has 1 saturated heterocycles. The number of nitrogens with zero attached hydrogens (tertiary/aromatic N) is 1. The van der Waals surface area contributed by atoms with E-state index >= 15 is 0 Å². The molecule has 1 aromatic heterocycles. The minimum absolute atomic E-state index is 0.0595. The molecule has 4 bridgehead atoms. The van der Waals surface area contributed by atoms with Crippen molar-refractivity contribution in [1.82, 2.24) is 4.90 Å². The van der Waals surface area contributed by atoms with Gasteiger partial charge in [0.15, 0.2) is 0 Å². The molecule has 4 saturated carbocycles. The van der Waals surface area contributed by atoms with Crippen molar-refractivity contribution < 1.29 is 4.79 Å². The first-order valence-corrected chi connectivity index (χ1v) is 10.5. The fourth-order valence-electron chi connectivity index (χ4n) is 6.63. The lowest BCUT2D eigenvalue weighted by Crippen LogP contribution is -2.55. The van der Waals surface area contributed by atoms with Gasteiger partial charge in [-0.15, -0.1) is 0 Å². The van der Waals surface area contributed by atoms with Crippen molar-refractivity contribution in [1.29, 1.82) is 0 Å². The molecule has 1 amide bonds. The summed E-state index contributed by atoms with van der Waals surface area (Å²) in [6.07, 6.45) is 10.2. The predicted octanol–water partition coefficient (Wildman–Crippen LogP) is 4.67. The smallest absolute Gasteiger partial charge is 0.228 e. The maximum atomic E-state index is 13.4. The summed E-state index contributed by atoms with van der Waals surface area (Å²) >= 11 is 1.80. The molecular formula is C20H27NOS. The quantitative estimate of drug-likeness (QED) is 0.772. The van der Waals surface area contributed by atoms with E-state index in [2.05, 4.69) is 21.7 Å². The van der Waals surface area contributed by atoms with Crippen LogP contribution in [0.3, 0.4) is 0 Å². The molecule has 2 nitrogen and oxygen atoms in total. The van der Waals surface area contributed by atoms with Crippen LogP contribution in [-0.4, -0.2) is 23.9 Å².